The number of furan rings is 1. The van der Waals surface area contributed by atoms with Crippen LogP contribution in [-0.2, 0) is 21.7 Å². The van der Waals surface area contributed by atoms with Gasteiger partial charge in [-0.3, -0.25) is 0 Å². The number of hydrogen-bond donors (Lipinski definition) is 0. The zero-order chi connectivity index (χ0) is 48.4. The third-order valence-electron chi connectivity index (χ3n) is 18.4. The van der Waals surface area contributed by atoms with E-state index in [0.29, 0.717) is 11.8 Å². The quantitative estimate of drug-likeness (QED) is 0.130. The van der Waals surface area contributed by atoms with Crippen LogP contribution in [0.25, 0.3) is 22.1 Å². The topological polar surface area (TPSA) is 19.6 Å². The third-order valence-corrected chi connectivity index (χ3v) is 18.4. The maximum atomic E-state index is 7.78. The van der Waals surface area contributed by atoms with E-state index >= 15 is 0 Å². The largest absolute Gasteiger partial charge is 0.469 e. The fourth-order valence-corrected chi connectivity index (χ4v) is 14.2. The van der Waals surface area contributed by atoms with E-state index in [1.54, 1.807) is 5.57 Å². The van der Waals surface area contributed by atoms with E-state index in [1.165, 1.54) is 104 Å². The minimum atomic E-state index is 0.0315. The molecule has 1 fully saturated rings. The van der Waals surface area contributed by atoms with E-state index in [-0.39, 0.29) is 51.1 Å². The molecule has 0 N–H and O–H groups in total. The Morgan fingerprint density at radius 1 is 0.618 bits per heavy atom. The van der Waals surface area contributed by atoms with Gasteiger partial charge in [-0.05, 0) is 170 Å². The highest BCUT2D eigenvalue weighted by Crippen LogP contribution is 2.63. The lowest BCUT2D eigenvalue weighted by molar-refractivity contribution is 0.0715. The second-order valence-electron chi connectivity index (χ2n) is 26.9. The Bertz CT molecular complexity index is 3040. The molecule has 0 saturated heterocycles. The lowest BCUT2D eigenvalue weighted by Crippen LogP contribution is -2.65. The number of nitrogens with zero attached hydrogens (tertiary/aromatic N) is 2. The highest BCUT2D eigenvalue weighted by atomic mass is 16.3. The summed E-state index contributed by atoms with van der Waals surface area (Å²) in [5.74, 6) is 1.09. The first-order chi connectivity index (χ1) is 31.8. The van der Waals surface area contributed by atoms with Crippen molar-refractivity contribution in [2.45, 2.75) is 170 Å². The average molecular weight is 901 g/mol. The number of allylic oxidation sites excluding steroid dienone is 1. The van der Waals surface area contributed by atoms with Gasteiger partial charge in [0.1, 0.15) is 5.58 Å². The van der Waals surface area contributed by atoms with Gasteiger partial charge in [0.15, 0.2) is 0 Å². The molecular weight excluding hydrogens is 824 g/mol. The van der Waals surface area contributed by atoms with Gasteiger partial charge < -0.3 is 14.2 Å². The molecule has 0 bridgehead atoms. The number of benzene rings is 5. The zero-order valence-electron chi connectivity index (χ0n) is 44.3. The second kappa shape index (κ2) is 14.8. The summed E-state index contributed by atoms with van der Waals surface area (Å²) in [6.07, 6.45) is 7.59. The molecule has 5 aliphatic rings. The first-order valence-corrected chi connectivity index (χ1v) is 26.2. The molecule has 4 atom stereocenters. The molecule has 0 amide bonds. The maximum absolute atomic E-state index is 7.78. The summed E-state index contributed by atoms with van der Waals surface area (Å²) in [5.41, 5.74) is 21.5. The molecule has 6 aromatic rings. The van der Waals surface area contributed by atoms with E-state index in [2.05, 4.69) is 224 Å². The van der Waals surface area contributed by atoms with E-state index in [0.717, 1.165) is 11.2 Å². The fourth-order valence-electron chi connectivity index (χ4n) is 14.2. The third kappa shape index (κ3) is 6.79. The SMILES string of the molecule is Cc1cc(C(C)(C)C)ccc1N1c2cc(-c3ccccc3)cc3c2B(c2oc4cc5c(cc4c2N3c2ccc(C(C)(C)C)cc2)C(C)(C)CCC5(C)C)[C@@H]2C(C)[C@H]3C(=CC21)C(C)(C)CCC3(C)C. The Labute approximate surface area is 409 Å². The van der Waals surface area contributed by atoms with Crippen molar-refractivity contribution in [2.24, 2.45) is 22.7 Å². The normalized spacial score (nSPS) is 24.1. The molecule has 4 heteroatoms. The molecule has 1 saturated carbocycles. The fraction of sp³-hybridized carbons (Fsp3) is 0.469. The van der Waals surface area contributed by atoms with Crippen LogP contribution >= 0.6 is 0 Å². The van der Waals surface area contributed by atoms with Crippen LogP contribution in [0.1, 0.15) is 157 Å². The van der Waals surface area contributed by atoms with E-state index in [9.17, 15) is 0 Å². The monoisotopic (exact) mass is 901 g/mol. The van der Waals surface area contributed by atoms with Crippen molar-refractivity contribution < 1.29 is 4.42 Å². The standard InChI is InChI=1S/C64H77BN2O/c1-38-32-43(60(6,7)8)24-27-49(38)67-51-34-41(40-20-18-17-19-21-40)33-50-56(51)65(55-39(2)54-48(36-52(55)67)63(13,14)30-31-64(54,15)16)58-57(66(50)44-25-22-42(23-26-44)59(3,4)5)45-35-46-47(37-53(45)68-58)62(11,12)29-28-61(46,9)10/h17-27,32-37,39,52,54-55H,28-31H2,1-16H3/t39?,52?,54-,55+/m0/s1. The number of rotatable bonds is 3. The van der Waals surface area contributed by atoms with Crippen molar-refractivity contribution in [2.75, 3.05) is 9.80 Å². The van der Waals surface area contributed by atoms with Crippen LogP contribution in [0.2, 0.25) is 5.82 Å². The van der Waals surface area contributed by atoms with Crippen LogP contribution in [0.3, 0.4) is 0 Å². The van der Waals surface area contributed by atoms with E-state index in [1.807, 2.05) is 0 Å². The van der Waals surface area contributed by atoms with E-state index in [4.69, 9.17) is 4.42 Å². The summed E-state index contributed by atoms with van der Waals surface area (Å²) >= 11 is 0. The van der Waals surface area contributed by atoms with Crippen LogP contribution in [0.4, 0.5) is 28.4 Å². The smallest absolute Gasteiger partial charge is 0.269 e. The molecule has 3 nitrogen and oxygen atoms in total. The van der Waals surface area contributed by atoms with Crippen LogP contribution in [0.5, 0.6) is 0 Å². The summed E-state index contributed by atoms with van der Waals surface area (Å²) in [5, 5.41) is 1.24. The molecule has 3 heterocycles. The Hall–Kier alpha value is -4.96. The number of hydrogen-bond acceptors (Lipinski definition) is 3. The Morgan fingerprint density at radius 2 is 1.22 bits per heavy atom. The molecule has 3 aliphatic carbocycles. The molecular formula is C64H77BN2O. The van der Waals surface area contributed by atoms with Gasteiger partial charge >= 0.3 is 0 Å². The van der Waals surface area contributed by atoms with Gasteiger partial charge in [-0.2, -0.15) is 0 Å². The molecule has 2 unspecified atom stereocenters. The molecule has 0 spiro atoms. The van der Waals surface area contributed by atoms with Crippen molar-refractivity contribution in [3.8, 4) is 11.1 Å². The Balaban J connectivity index is 1.29. The first-order valence-electron chi connectivity index (χ1n) is 26.2. The van der Waals surface area contributed by atoms with Gasteiger partial charge in [-0.15, -0.1) is 0 Å². The maximum Gasteiger partial charge on any atom is 0.269 e. The second-order valence-corrected chi connectivity index (χ2v) is 26.9. The van der Waals surface area contributed by atoms with Crippen LogP contribution in [0.15, 0.2) is 113 Å². The molecule has 1 aromatic heterocycles. The predicted octanol–water partition coefficient (Wildman–Crippen LogP) is 16.7. The summed E-state index contributed by atoms with van der Waals surface area (Å²) < 4.78 is 7.78. The molecule has 0 radical (unpaired) electrons. The van der Waals surface area contributed by atoms with Crippen molar-refractivity contribution in [1.29, 1.82) is 0 Å². The predicted molar refractivity (Wildman–Crippen MR) is 292 cm³/mol. The van der Waals surface area contributed by atoms with Gasteiger partial charge in [-0.25, -0.2) is 0 Å². The summed E-state index contributed by atoms with van der Waals surface area (Å²) in [6.45, 7) is 39.1. The molecule has 2 aliphatic heterocycles. The van der Waals surface area contributed by atoms with Crippen molar-refractivity contribution in [3.63, 3.8) is 0 Å². The number of aryl methyl sites for hydroxylation is 1. The summed E-state index contributed by atoms with van der Waals surface area (Å²) in [4.78, 5) is 5.46. The lowest BCUT2D eigenvalue weighted by atomic mass is 9.27. The van der Waals surface area contributed by atoms with E-state index < -0.39 is 0 Å². The number of fused-ring (bicyclic) bond motifs is 8. The minimum Gasteiger partial charge on any atom is -0.469 e. The highest BCUT2D eigenvalue weighted by molar-refractivity contribution is 6.90. The molecule has 5 aromatic carbocycles. The minimum absolute atomic E-state index is 0.0315. The molecule has 68 heavy (non-hydrogen) atoms. The highest BCUT2D eigenvalue weighted by Gasteiger charge is 2.60. The zero-order valence-corrected chi connectivity index (χ0v) is 44.3. The van der Waals surface area contributed by atoms with Crippen molar-refractivity contribution >= 4 is 57.2 Å². The van der Waals surface area contributed by atoms with Gasteiger partial charge in [0, 0.05) is 34.2 Å². The summed E-state index contributed by atoms with van der Waals surface area (Å²) in [6, 6.07) is 38.3. The van der Waals surface area contributed by atoms with Crippen molar-refractivity contribution in [1.82, 2.24) is 0 Å². The Kier molecular flexibility index (Phi) is 9.89. The summed E-state index contributed by atoms with van der Waals surface area (Å²) in [7, 11) is 0. The van der Waals surface area contributed by atoms with Crippen LogP contribution < -0.4 is 20.9 Å². The molecule has 352 valence electrons. The average Bonchev–Trinajstić information content (AvgIpc) is 3.64. The lowest BCUT2D eigenvalue weighted by Gasteiger charge is -2.60. The van der Waals surface area contributed by atoms with Gasteiger partial charge in [0.2, 0.25) is 0 Å². The first kappa shape index (κ1) is 45.5. The van der Waals surface area contributed by atoms with Gasteiger partial charge in [0.05, 0.1) is 11.3 Å². The Morgan fingerprint density at radius 3 is 1.85 bits per heavy atom. The van der Waals surface area contributed by atoms with Crippen LogP contribution in [0, 0.1) is 29.6 Å². The van der Waals surface area contributed by atoms with Gasteiger partial charge in [0.25, 0.3) is 6.71 Å². The van der Waals surface area contributed by atoms with Crippen LogP contribution in [-0.4, -0.2) is 12.8 Å². The molecule has 11 rings (SSSR count). The number of anilines is 5. The van der Waals surface area contributed by atoms with Gasteiger partial charge in [-0.1, -0.05) is 170 Å². The van der Waals surface area contributed by atoms with Crippen molar-refractivity contribution in [3.05, 3.63) is 137 Å².